The molecule has 0 rings (SSSR count). The van der Waals surface area contributed by atoms with Crippen LogP contribution in [0.25, 0.3) is 0 Å². The molecule has 0 aromatic rings. The van der Waals surface area contributed by atoms with Crippen molar-refractivity contribution in [1.29, 1.82) is 0 Å². The van der Waals surface area contributed by atoms with E-state index in [1.54, 1.807) is 20.8 Å². The zero-order chi connectivity index (χ0) is 17.3. The summed E-state index contributed by atoms with van der Waals surface area (Å²) in [5.41, 5.74) is -0.609. The number of carboxylic acids is 1. The van der Waals surface area contributed by atoms with Gasteiger partial charge in [-0.3, -0.25) is 9.59 Å². The van der Waals surface area contributed by atoms with Crippen LogP contribution in [0.3, 0.4) is 0 Å². The summed E-state index contributed by atoms with van der Waals surface area (Å²) in [7, 11) is 0. The van der Waals surface area contributed by atoms with E-state index in [2.05, 4.69) is 5.32 Å². The van der Waals surface area contributed by atoms with Crippen LogP contribution in [0.4, 0.5) is 4.79 Å². The fraction of sp³-hybridized carbons (Fsp3) is 0.800. The van der Waals surface area contributed by atoms with Crippen LogP contribution in [0.1, 0.15) is 53.9 Å². The third-order valence-corrected chi connectivity index (χ3v) is 3.00. The van der Waals surface area contributed by atoms with E-state index in [-0.39, 0.29) is 31.4 Å². The van der Waals surface area contributed by atoms with Gasteiger partial charge in [-0.2, -0.15) is 0 Å². The quantitative estimate of drug-likeness (QED) is 0.666. The van der Waals surface area contributed by atoms with Gasteiger partial charge in [0, 0.05) is 0 Å². The number of hydrogen-bond donors (Lipinski definition) is 2. The first kappa shape index (κ1) is 20.2. The highest BCUT2D eigenvalue weighted by atomic mass is 16.6. The van der Waals surface area contributed by atoms with Gasteiger partial charge in [0.05, 0.1) is 18.9 Å². The molecule has 0 bridgehead atoms. The van der Waals surface area contributed by atoms with Gasteiger partial charge in [-0.1, -0.05) is 20.3 Å². The Bertz CT molecular complexity index is 388. The van der Waals surface area contributed by atoms with E-state index < -0.39 is 23.6 Å². The van der Waals surface area contributed by atoms with E-state index in [1.807, 2.05) is 13.8 Å². The number of carbonyl (C=O) groups excluding carboxylic acids is 2. The van der Waals surface area contributed by atoms with Gasteiger partial charge in [-0.05, 0) is 26.7 Å². The van der Waals surface area contributed by atoms with Crippen LogP contribution in [0, 0.1) is 5.92 Å². The van der Waals surface area contributed by atoms with Crippen molar-refractivity contribution in [1.82, 2.24) is 5.32 Å². The molecule has 22 heavy (non-hydrogen) atoms. The summed E-state index contributed by atoms with van der Waals surface area (Å²) >= 11 is 0. The molecule has 128 valence electrons. The van der Waals surface area contributed by atoms with E-state index in [0.717, 1.165) is 6.42 Å². The topological polar surface area (TPSA) is 102 Å². The molecule has 0 saturated carbocycles. The van der Waals surface area contributed by atoms with Crippen molar-refractivity contribution in [2.45, 2.75) is 65.5 Å². The molecule has 2 N–H and O–H groups in total. The summed E-state index contributed by atoms with van der Waals surface area (Å²) in [6, 6.07) is -0.381. The van der Waals surface area contributed by atoms with Crippen LogP contribution >= 0.6 is 0 Å². The third kappa shape index (κ3) is 10.0. The van der Waals surface area contributed by atoms with E-state index in [9.17, 15) is 14.4 Å². The Morgan fingerprint density at radius 1 is 1.18 bits per heavy atom. The van der Waals surface area contributed by atoms with Crippen LogP contribution in [0.2, 0.25) is 0 Å². The number of aliphatic carboxylic acids is 1. The largest absolute Gasteiger partial charge is 0.481 e. The van der Waals surface area contributed by atoms with Crippen LogP contribution in [-0.2, 0) is 19.1 Å². The number of esters is 1. The van der Waals surface area contributed by atoms with Gasteiger partial charge in [0.1, 0.15) is 12.2 Å². The van der Waals surface area contributed by atoms with Crippen LogP contribution in [0.5, 0.6) is 0 Å². The van der Waals surface area contributed by atoms with Crippen LogP contribution < -0.4 is 5.32 Å². The summed E-state index contributed by atoms with van der Waals surface area (Å²) in [5.74, 6) is -1.57. The smallest absolute Gasteiger partial charge is 0.408 e. The van der Waals surface area contributed by atoms with Crippen molar-refractivity contribution in [3.8, 4) is 0 Å². The minimum Gasteiger partial charge on any atom is -0.481 e. The molecular formula is C15H27NO6. The number of nitrogens with one attached hydrogen (secondary N) is 1. The first-order chi connectivity index (χ1) is 10.0. The summed E-state index contributed by atoms with van der Waals surface area (Å²) in [5, 5.41) is 11.2. The highest BCUT2D eigenvalue weighted by Gasteiger charge is 2.24. The number of hydrogen-bond acceptors (Lipinski definition) is 5. The SMILES string of the molecule is CC[C@H](C)[C@@H](COC(=O)CCC(=O)O)NC(=O)OC(C)(C)C. The van der Waals surface area contributed by atoms with Gasteiger partial charge in [-0.15, -0.1) is 0 Å². The maximum Gasteiger partial charge on any atom is 0.408 e. The molecule has 0 heterocycles. The Balaban J connectivity index is 4.44. The van der Waals surface area contributed by atoms with E-state index in [1.165, 1.54) is 0 Å². The molecule has 0 aromatic carbocycles. The molecule has 7 nitrogen and oxygen atoms in total. The average molecular weight is 317 g/mol. The van der Waals surface area contributed by atoms with Crippen LogP contribution in [-0.4, -0.2) is 41.4 Å². The molecule has 0 aliphatic heterocycles. The molecule has 0 aliphatic carbocycles. The molecule has 1 amide bonds. The number of alkyl carbamates (subject to hydrolysis) is 1. The number of carbonyl (C=O) groups is 3. The van der Waals surface area contributed by atoms with Crippen molar-refractivity contribution >= 4 is 18.0 Å². The highest BCUT2D eigenvalue weighted by molar-refractivity contribution is 5.76. The number of carboxylic acid groups (broad SMARTS) is 1. The van der Waals surface area contributed by atoms with Gasteiger partial charge in [-0.25, -0.2) is 4.79 Å². The molecule has 0 radical (unpaired) electrons. The van der Waals surface area contributed by atoms with Crippen molar-refractivity contribution in [2.75, 3.05) is 6.61 Å². The average Bonchev–Trinajstić information content (AvgIpc) is 2.38. The molecular weight excluding hydrogens is 290 g/mol. The fourth-order valence-corrected chi connectivity index (χ4v) is 1.56. The minimum atomic E-state index is -1.05. The zero-order valence-electron chi connectivity index (χ0n) is 14.0. The molecule has 0 aromatic heterocycles. The van der Waals surface area contributed by atoms with Crippen molar-refractivity contribution in [3.63, 3.8) is 0 Å². The number of amides is 1. The summed E-state index contributed by atoms with van der Waals surface area (Å²) < 4.78 is 10.2. The van der Waals surface area contributed by atoms with Gasteiger partial charge in [0.15, 0.2) is 0 Å². The minimum absolute atomic E-state index is 0.00724. The summed E-state index contributed by atoms with van der Waals surface area (Å²) in [4.78, 5) is 33.6. The normalized spacial score (nSPS) is 13.9. The molecule has 0 unspecified atom stereocenters. The predicted molar refractivity (Wildman–Crippen MR) is 80.4 cm³/mol. The standard InChI is InChI=1S/C15H27NO6/c1-6-10(2)11(16-14(20)22-15(3,4)5)9-21-13(19)8-7-12(17)18/h10-11H,6-9H2,1-5H3,(H,16,20)(H,17,18)/t10-,11+/m0/s1. The predicted octanol–water partition coefficient (Wildman–Crippen LogP) is 2.33. The molecule has 0 saturated heterocycles. The van der Waals surface area contributed by atoms with Gasteiger partial charge < -0.3 is 19.9 Å². The monoisotopic (exact) mass is 317 g/mol. The van der Waals surface area contributed by atoms with Crippen LogP contribution in [0.15, 0.2) is 0 Å². The number of rotatable bonds is 8. The second-order valence-electron chi connectivity index (χ2n) is 6.22. The first-order valence-electron chi connectivity index (χ1n) is 7.42. The maximum absolute atomic E-state index is 11.8. The molecule has 0 spiro atoms. The van der Waals surface area contributed by atoms with Gasteiger partial charge in [0.25, 0.3) is 0 Å². The molecule has 7 heteroatoms. The Morgan fingerprint density at radius 3 is 2.23 bits per heavy atom. The lowest BCUT2D eigenvalue weighted by Crippen LogP contribution is -2.45. The Labute approximate surface area is 131 Å². The van der Waals surface area contributed by atoms with Crippen molar-refractivity contribution in [2.24, 2.45) is 5.92 Å². The van der Waals surface area contributed by atoms with E-state index in [0.29, 0.717) is 0 Å². The Morgan fingerprint density at radius 2 is 1.77 bits per heavy atom. The Hall–Kier alpha value is -1.79. The van der Waals surface area contributed by atoms with Gasteiger partial charge in [0.2, 0.25) is 0 Å². The molecule has 2 atom stereocenters. The van der Waals surface area contributed by atoms with Crippen molar-refractivity contribution in [3.05, 3.63) is 0 Å². The van der Waals surface area contributed by atoms with Gasteiger partial charge >= 0.3 is 18.0 Å². The maximum atomic E-state index is 11.8. The second kappa shape index (κ2) is 9.27. The lowest BCUT2D eigenvalue weighted by Gasteiger charge is -2.26. The number of ether oxygens (including phenoxy) is 2. The Kier molecular flexibility index (Phi) is 8.52. The summed E-state index contributed by atoms with van der Waals surface area (Å²) in [6.45, 7) is 9.16. The lowest BCUT2D eigenvalue weighted by molar-refractivity contribution is -0.148. The highest BCUT2D eigenvalue weighted by Crippen LogP contribution is 2.11. The third-order valence-electron chi connectivity index (χ3n) is 3.00. The van der Waals surface area contributed by atoms with E-state index in [4.69, 9.17) is 14.6 Å². The molecule has 0 fully saturated rings. The second-order valence-corrected chi connectivity index (χ2v) is 6.22. The van der Waals surface area contributed by atoms with Crippen molar-refractivity contribution < 1.29 is 29.0 Å². The fourth-order valence-electron chi connectivity index (χ4n) is 1.56. The lowest BCUT2D eigenvalue weighted by atomic mass is 10.00. The summed E-state index contributed by atoms with van der Waals surface area (Å²) in [6.07, 6.45) is -0.242. The zero-order valence-corrected chi connectivity index (χ0v) is 14.0. The first-order valence-corrected chi connectivity index (χ1v) is 7.42. The molecule has 0 aliphatic rings. The van der Waals surface area contributed by atoms with E-state index >= 15 is 0 Å².